The number of hydrogen-bond donors (Lipinski definition) is 0. The summed E-state index contributed by atoms with van der Waals surface area (Å²) in [6, 6.07) is 5.92. The topological polar surface area (TPSA) is 70.8 Å². The molecule has 27 heavy (non-hydrogen) atoms. The molecule has 2 amide bonds. The van der Waals surface area contributed by atoms with Gasteiger partial charge in [0.05, 0.1) is 16.8 Å². The summed E-state index contributed by atoms with van der Waals surface area (Å²) < 4.78 is 1.73. The van der Waals surface area contributed by atoms with E-state index in [0.717, 1.165) is 23.4 Å². The molecule has 1 aliphatic heterocycles. The van der Waals surface area contributed by atoms with Crippen LogP contribution in [0.5, 0.6) is 0 Å². The third-order valence-corrected chi connectivity index (χ3v) is 6.10. The Bertz CT molecular complexity index is 1000. The van der Waals surface area contributed by atoms with Crippen LogP contribution in [0.25, 0.3) is 16.2 Å². The van der Waals surface area contributed by atoms with Gasteiger partial charge in [-0.15, -0.1) is 11.3 Å². The van der Waals surface area contributed by atoms with Crippen LogP contribution < -0.4 is 0 Å². The number of rotatable bonds is 3. The summed E-state index contributed by atoms with van der Waals surface area (Å²) in [6.45, 7) is 2.32. The van der Waals surface area contributed by atoms with Crippen molar-refractivity contribution in [3.8, 4) is 10.6 Å². The monoisotopic (exact) mass is 381 g/mol. The van der Waals surface area contributed by atoms with Crippen LogP contribution in [0, 0.1) is 5.92 Å². The molecule has 2 aliphatic rings. The highest BCUT2D eigenvalue weighted by molar-refractivity contribution is 7.13. The van der Waals surface area contributed by atoms with Crippen molar-refractivity contribution in [2.24, 2.45) is 5.92 Å². The van der Waals surface area contributed by atoms with Crippen molar-refractivity contribution < 1.29 is 9.59 Å². The molecule has 0 bridgehead atoms. The number of piperazine rings is 1. The fourth-order valence-electron chi connectivity index (χ4n) is 3.54. The van der Waals surface area contributed by atoms with E-state index in [9.17, 15) is 9.59 Å². The van der Waals surface area contributed by atoms with Gasteiger partial charge in [0, 0.05) is 38.3 Å². The Morgan fingerprint density at radius 1 is 1.07 bits per heavy atom. The molecule has 1 saturated carbocycles. The Balaban J connectivity index is 1.37. The Labute approximate surface area is 160 Å². The van der Waals surface area contributed by atoms with E-state index in [0.29, 0.717) is 37.4 Å². The van der Waals surface area contributed by atoms with Gasteiger partial charge in [-0.1, -0.05) is 6.07 Å². The van der Waals surface area contributed by atoms with Crippen LogP contribution in [-0.4, -0.2) is 62.4 Å². The summed E-state index contributed by atoms with van der Waals surface area (Å²) in [7, 11) is 0. The van der Waals surface area contributed by atoms with E-state index in [-0.39, 0.29) is 17.7 Å². The molecule has 3 aromatic rings. The maximum absolute atomic E-state index is 13.0. The van der Waals surface area contributed by atoms with Crippen molar-refractivity contribution in [1.82, 2.24) is 24.4 Å². The van der Waals surface area contributed by atoms with Gasteiger partial charge in [-0.2, -0.15) is 5.10 Å². The van der Waals surface area contributed by atoms with Crippen molar-refractivity contribution in [2.45, 2.75) is 12.8 Å². The van der Waals surface area contributed by atoms with Gasteiger partial charge < -0.3 is 9.80 Å². The van der Waals surface area contributed by atoms with Gasteiger partial charge in [0.2, 0.25) is 5.91 Å². The number of carbonyl (C=O) groups excluding carboxylic acids is 2. The van der Waals surface area contributed by atoms with Gasteiger partial charge in [0.25, 0.3) is 5.91 Å². The second kappa shape index (κ2) is 6.45. The molecule has 1 saturated heterocycles. The number of thiophene rings is 1. The molecule has 3 aromatic heterocycles. The highest BCUT2D eigenvalue weighted by Crippen LogP contribution is 2.31. The van der Waals surface area contributed by atoms with Gasteiger partial charge in [-0.25, -0.2) is 9.50 Å². The Morgan fingerprint density at radius 2 is 1.85 bits per heavy atom. The minimum absolute atomic E-state index is 0.0700. The molecular formula is C19H19N5O2S. The van der Waals surface area contributed by atoms with Crippen LogP contribution >= 0.6 is 11.3 Å². The molecular weight excluding hydrogens is 362 g/mol. The molecule has 8 heteroatoms. The van der Waals surface area contributed by atoms with E-state index < -0.39 is 0 Å². The Kier molecular flexibility index (Phi) is 3.93. The minimum atomic E-state index is -0.0700. The molecule has 0 aromatic carbocycles. The summed E-state index contributed by atoms with van der Waals surface area (Å²) in [6.07, 6.45) is 5.34. The standard InChI is InChI=1S/C19H19N5O2S/c25-18(13-3-4-13)22-7-9-23(10-8-22)19(26)14-12-21-24-15(5-6-20-17(14)24)16-2-1-11-27-16/h1-2,5-6,11-13H,3-4,7-10H2. The van der Waals surface area contributed by atoms with Crippen molar-refractivity contribution in [2.75, 3.05) is 26.2 Å². The Morgan fingerprint density at radius 3 is 2.56 bits per heavy atom. The molecule has 0 unspecified atom stereocenters. The molecule has 0 N–H and O–H groups in total. The summed E-state index contributed by atoms with van der Waals surface area (Å²) >= 11 is 1.63. The molecule has 2 fully saturated rings. The van der Waals surface area contributed by atoms with Crippen LogP contribution in [0.3, 0.4) is 0 Å². The molecule has 0 spiro atoms. The third kappa shape index (κ3) is 2.90. The number of nitrogens with zero attached hydrogens (tertiary/aromatic N) is 5. The zero-order chi connectivity index (χ0) is 18.4. The zero-order valence-electron chi connectivity index (χ0n) is 14.7. The second-order valence-electron chi connectivity index (χ2n) is 6.99. The number of fused-ring (bicyclic) bond motifs is 1. The first kappa shape index (κ1) is 16.4. The fraction of sp³-hybridized carbons (Fsp3) is 0.368. The summed E-state index contributed by atoms with van der Waals surface area (Å²) in [5.41, 5.74) is 2.01. The smallest absolute Gasteiger partial charge is 0.259 e. The first-order valence-electron chi connectivity index (χ1n) is 9.17. The normalized spacial score (nSPS) is 17.5. The average molecular weight is 381 g/mol. The number of carbonyl (C=O) groups is 2. The van der Waals surface area contributed by atoms with Crippen LogP contribution in [0.4, 0.5) is 0 Å². The molecule has 5 rings (SSSR count). The minimum Gasteiger partial charge on any atom is -0.339 e. The van der Waals surface area contributed by atoms with Gasteiger partial charge in [0.1, 0.15) is 5.56 Å². The fourth-order valence-corrected chi connectivity index (χ4v) is 4.28. The van der Waals surface area contributed by atoms with Crippen molar-refractivity contribution in [3.63, 3.8) is 0 Å². The van der Waals surface area contributed by atoms with Crippen LogP contribution in [0.1, 0.15) is 23.2 Å². The molecule has 0 atom stereocenters. The van der Waals surface area contributed by atoms with Gasteiger partial charge >= 0.3 is 0 Å². The maximum Gasteiger partial charge on any atom is 0.259 e. The van der Waals surface area contributed by atoms with Crippen molar-refractivity contribution in [1.29, 1.82) is 0 Å². The van der Waals surface area contributed by atoms with E-state index in [2.05, 4.69) is 10.1 Å². The maximum atomic E-state index is 13.0. The van der Waals surface area contributed by atoms with Crippen LogP contribution in [-0.2, 0) is 4.79 Å². The van der Waals surface area contributed by atoms with Gasteiger partial charge in [-0.05, 0) is 30.4 Å². The van der Waals surface area contributed by atoms with Gasteiger partial charge in [0.15, 0.2) is 5.65 Å². The molecule has 138 valence electrons. The van der Waals surface area contributed by atoms with Gasteiger partial charge in [-0.3, -0.25) is 9.59 Å². The first-order chi connectivity index (χ1) is 13.2. The SMILES string of the molecule is O=C(c1cnn2c(-c3cccs3)ccnc12)N1CCN(C(=O)C2CC2)CC1. The number of amides is 2. The highest BCUT2D eigenvalue weighted by Gasteiger charge is 2.35. The average Bonchev–Trinajstić information content (AvgIpc) is 3.24. The zero-order valence-corrected chi connectivity index (χ0v) is 15.6. The van der Waals surface area contributed by atoms with E-state index in [1.54, 1.807) is 33.1 Å². The lowest BCUT2D eigenvalue weighted by Crippen LogP contribution is -2.51. The predicted octanol–water partition coefficient (Wildman–Crippen LogP) is 2.15. The van der Waals surface area contributed by atoms with Crippen molar-refractivity contribution >= 4 is 28.8 Å². The van der Waals surface area contributed by atoms with Crippen molar-refractivity contribution in [3.05, 3.63) is 41.5 Å². The molecule has 1 aliphatic carbocycles. The van der Waals surface area contributed by atoms with Crippen LogP contribution in [0.15, 0.2) is 36.0 Å². The molecule has 0 radical (unpaired) electrons. The lowest BCUT2D eigenvalue weighted by molar-refractivity contribution is -0.134. The lowest BCUT2D eigenvalue weighted by Gasteiger charge is -2.34. The van der Waals surface area contributed by atoms with E-state index in [1.165, 1.54) is 0 Å². The lowest BCUT2D eigenvalue weighted by atomic mass is 10.2. The third-order valence-electron chi connectivity index (χ3n) is 5.21. The number of aromatic nitrogens is 3. The summed E-state index contributed by atoms with van der Waals surface area (Å²) in [5.74, 6) is 0.409. The van der Waals surface area contributed by atoms with E-state index in [1.807, 2.05) is 28.5 Å². The second-order valence-corrected chi connectivity index (χ2v) is 7.94. The predicted molar refractivity (Wildman–Crippen MR) is 102 cm³/mol. The van der Waals surface area contributed by atoms with E-state index >= 15 is 0 Å². The highest BCUT2D eigenvalue weighted by atomic mass is 32.1. The van der Waals surface area contributed by atoms with Crippen LogP contribution in [0.2, 0.25) is 0 Å². The number of hydrogen-bond acceptors (Lipinski definition) is 5. The first-order valence-corrected chi connectivity index (χ1v) is 10.0. The Hall–Kier alpha value is -2.74. The molecule has 7 nitrogen and oxygen atoms in total. The largest absolute Gasteiger partial charge is 0.339 e. The summed E-state index contributed by atoms with van der Waals surface area (Å²) in [4.78, 5) is 34.4. The summed E-state index contributed by atoms with van der Waals surface area (Å²) in [5, 5.41) is 6.43. The van der Waals surface area contributed by atoms with E-state index in [4.69, 9.17) is 0 Å². The quantitative estimate of drug-likeness (QED) is 0.697. The molecule has 4 heterocycles.